The van der Waals surface area contributed by atoms with Gasteiger partial charge in [-0.05, 0) is 20.8 Å². The summed E-state index contributed by atoms with van der Waals surface area (Å²) in [7, 11) is 0. The molecule has 0 bridgehead atoms. The summed E-state index contributed by atoms with van der Waals surface area (Å²) >= 11 is 0. The van der Waals surface area contributed by atoms with E-state index in [1.54, 1.807) is 20.8 Å². The molecule has 0 aliphatic heterocycles. The maximum absolute atomic E-state index is 11.6. The number of nitrogens with zero attached hydrogens (tertiary/aromatic N) is 1. The van der Waals surface area contributed by atoms with Gasteiger partial charge >= 0.3 is 12.1 Å². The molecule has 1 rings (SSSR count). The molecule has 0 fully saturated rings. The second kappa shape index (κ2) is 9.31. The standard InChI is InChI=1S/C15H22N4O8/c1-15(2,3)26-14(25)18-7-10(21)16-6-9(20)17-8-13(24)27-19-11(22)4-5-12(19)23/h4-5,22-23H,6-8H2,1-3H3,(H,16,21)(H,17,20)(H,18,25). The first-order valence-corrected chi connectivity index (χ1v) is 7.79. The van der Waals surface area contributed by atoms with Gasteiger partial charge < -0.3 is 35.7 Å². The molecular weight excluding hydrogens is 364 g/mol. The maximum atomic E-state index is 11.6. The normalized spacial score (nSPS) is 10.6. The number of hydrogen-bond donors (Lipinski definition) is 5. The van der Waals surface area contributed by atoms with Gasteiger partial charge in [0.1, 0.15) is 18.7 Å². The van der Waals surface area contributed by atoms with E-state index in [0.717, 1.165) is 12.1 Å². The average Bonchev–Trinajstić information content (AvgIpc) is 2.86. The van der Waals surface area contributed by atoms with Gasteiger partial charge in [-0.3, -0.25) is 9.59 Å². The van der Waals surface area contributed by atoms with Gasteiger partial charge in [0.15, 0.2) is 0 Å². The first kappa shape index (κ1) is 21.6. The Kier molecular flexibility index (Phi) is 7.45. The molecule has 0 radical (unpaired) electrons. The van der Waals surface area contributed by atoms with Crippen LogP contribution in [0.3, 0.4) is 0 Å². The molecule has 0 saturated heterocycles. The van der Waals surface area contributed by atoms with Crippen LogP contribution < -0.4 is 20.8 Å². The Balaban J connectivity index is 2.24. The molecule has 1 aromatic rings. The molecule has 27 heavy (non-hydrogen) atoms. The van der Waals surface area contributed by atoms with Gasteiger partial charge in [0.2, 0.25) is 23.6 Å². The molecular formula is C15H22N4O8. The van der Waals surface area contributed by atoms with Crippen molar-refractivity contribution in [3.05, 3.63) is 12.1 Å². The van der Waals surface area contributed by atoms with E-state index in [1.165, 1.54) is 0 Å². The molecule has 5 N–H and O–H groups in total. The minimum atomic E-state index is -0.969. The number of amides is 3. The fourth-order valence-corrected chi connectivity index (χ4v) is 1.57. The number of carbonyl (C=O) groups is 4. The lowest BCUT2D eigenvalue weighted by molar-refractivity contribution is -0.145. The van der Waals surface area contributed by atoms with E-state index >= 15 is 0 Å². The maximum Gasteiger partial charge on any atom is 0.408 e. The molecule has 12 heteroatoms. The van der Waals surface area contributed by atoms with Crippen LogP contribution in [0, 0.1) is 0 Å². The summed E-state index contributed by atoms with van der Waals surface area (Å²) in [5.41, 5.74) is -0.705. The van der Waals surface area contributed by atoms with E-state index in [1.807, 2.05) is 0 Å². The highest BCUT2D eigenvalue weighted by Crippen LogP contribution is 2.18. The average molecular weight is 386 g/mol. The third-order valence-corrected chi connectivity index (χ3v) is 2.66. The predicted molar refractivity (Wildman–Crippen MR) is 89.6 cm³/mol. The molecule has 1 heterocycles. The lowest BCUT2D eigenvalue weighted by Gasteiger charge is -2.19. The highest BCUT2D eigenvalue weighted by Gasteiger charge is 2.17. The Morgan fingerprint density at radius 1 is 0.926 bits per heavy atom. The summed E-state index contributed by atoms with van der Waals surface area (Å²) in [6.07, 6.45) is -0.777. The number of aromatic hydroxyl groups is 2. The van der Waals surface area contributed by atoms with Crippen LogP contribution in [0.15, 0.2) is 12.1 Å². The predicted octanol–water partition coefficient (Wildman–Crippen LogP) is -1.39. The lowest BCUT2D eigenvalue weighted by Crippen LogP contribution is -2.44. The topological polar surface area (TPSA) is 168 Å². The second-order valence-electron chi connectivity index (χ2n) is 6.22. The van der Waals surface area contributed by atoms with Crippen molar-refractivity contribution in [1.29, 1.82) is 0 Å². The quantitative estimate of drug-likeness (QED) is 0.382. The van der Waals surface area contributed by atoms with Crippen LogP contribution in [-0.4, -0.2) is 64.1 Å². The number of hydrogen-bond acceptors (Lipinski definition) is 8. The second-order valence-corrected chi connectivity index (χ2v) is 6.22. The van der Waals surface area contributed by atoms with Crippen LogP contribution in [0.25, 0.3) is 0 Å². The Morgan fingerprint density at radius 3 is 1.93 bits per heavy atom. The van der Waals surface area contributed by atoms with Gasteiger partial charge in [-0.25, -0.2) is 9.59 Å². The highest BCUT2D eigenvalue weighted by atomic mass is 16.7. The monoisotopic (exact) mass is 386 g/mol. The van der Waals surface area contributed by atoms with Crippen LogP contribution in [0.5, 0.6) is 11.8 Å². The Morgan fingerprint density at radius 2 is 1.41 bits per heavy atom. The van der Waals surface area contributed by atoms with Gasteiger partial charge in [0, 0.05) is 12.1 Å². The minimum Gasteiger partial charge on any atom is -0.492 e. The fourth-order valence-electron chi connectivity index (χ4n) is 1.57. The largest absolute Gasteiger partial charge is 0.492 e. The molecule has 0 unspecified atom stereocenters. The Labute approximate surface area is 154 Å². The third-order valence-electron chi connectivity index (χ3n) is 2.66. The number of nitrogens with one attached hydrogen (secondary N) is 3. The highest BCUT2D eigenvalue weighted by molar-refractivity contribution is 5.88. The zero-order valence-electron chi connectivity index (χ0n) is 15.1. The number of rotatable bonds is 7. The zero-order valence-corrected chi connectivity index (χ0v) is 15.1. The summed E-state index contributed by atoms with van der Waals surface area (Å²) in [6, 6.07) is 2.20. The van der Waals surface area contributed by atoms with E-state index in [4.69, 9.17) is 4.74 Å². The van der Waals surface area contributed by atoms with Crippen molar-refractivity contribution in [3.8, 4) is 11.8 Å². The van der Waals surface area contributed by atoms with Gasteiger partial charge in [-0.1, -0.05) is 0 Å². The summed E-state index contributed by atoms with van der Waals surface area (Å²) in [5.74, 6) is -3.31. The smallest absolute Gasteiger partial charge is 0.408 e. The van der Waals surface area contributed by atoms with Crippen molar-refractivity contribution >= 4 is 23.9 Å². The van der Waals surface area contributed by atoms with Gasteiger partial charge in [-0.15, -0.1) is 4.73 Å². The number of aromatic nitrogens is 1. The van der Waals surface area contributed by atoms with E-state index in [9.17, 15) is 29.4 Å². The van der Waals surface area contributed by atoms with Crippen LogP contribution in [0.1, 0.15) is 20.8 Å². The summed E-state index contributed by atoms with van der Waals surface area (Å²) in [6.45, 7) is 3.60. The molecule has 12 nitrogen and oxygen atoms in total. The van der Waals surface area contributed by atoms with Crippen molar-refractivity contribution in [2.45, 2.75) is 26.4 Å². The van der Waals surface area contributed by atoms with Crippen LogP contribution in [0.4, 0.5) is 4.79 Å². The molecule has 0 spiro atoms. The van der Waals surface area contributed by atoms with Crippen molar-refractivity contribution in [1.82, 2.24) is 20.7 Å². The Hall–Kier alpha value is -3.44. The molecule has 0 saturated carbocycles. The van der Waals surface area contributed by atoms with Crippen LogP contribution in [-0.2, 0) is 19.1 Å². The first-order valence-electron chi connectivity index (χ1n) is 7.79. The van der Waals surface area contributed by atoms with Crippen LogP contribution >= 0.6 is 0 Å². The van der Waals surface area contributed by atoms with Gasteiger partial charge in [0.25, 0.3) is 0 Å². The fraction of sp³-hybridized carbons (Fsp3) is 0.467. The summed E-state index contributed by atoms with van der Waals surface area (Å²) in [4.78, 5) is 50.6. The Bertz CT molecular complexity index is 688. The van der Waals surface area contributed by atoms with Gasteiger partial charge in [0.05, 0.1) is 6.54 Å². The first-order chi connectivity index (χ1) is 12.5. The number of carbonyl (C=O) groups excluding carboxylic acids is 4. The third kappa shape index (κ3) is 8.47. The van der Waals surface area contributed by atoms with Gasteiger partial charge in [-0.2, -0.15) is 0 Å². The number of ether oxygens (including phenoxy) is 1. The van der Waals surface area contributed by atoms with E-state index in [-0.39, 0.29) is 0 Å². The van der Waals surface area contributed by atoms with Crippen LogP contribution in [0.2, 0.25) is 0 Å². The zero-order chi connectivity index (χ0) is 20.6. The molecule has 0 aliphatic carbocycles. The number of alkyl carbamates (subject to hydrolysis) is 1. The SMILES string of the molecule is CC(C)(C)OC(=O)NCC(=O)NCC(=O)NCC(=O)On1c(O)ccc1O. The molecule has 0 aromatic carbocycles. The van der Waals surface area contributed by atoms with Crippen molar-refractivity contribution < 1.29 is 39.0 Å². The molecule has 0 atom stereocenters. The van der Waals surface area contributed by atoms with E-state index in [0.29, 0.717) is 4.73 Å². The van der Waals surface area contributed by atoms with Crippen molar-refractivity contribution in [2.24, 2.45) is 0 Å². The summed E-state index contributed by atoms with van der Waals surface area (Å²) in [5, 5.41) is 25.2. The van der Waals surface area contributed by atoms with Crippen molar-refractivity contribution in [3.63, 3.8) is 0 Å². The molecule has 0 aliphatic rings. The lowest BCUT2D eigenvalue weighted by atomic mass is 10.2. The summed E-state index contributed by atoms with van der Waals surface area (Å²) < 4.78 is 5.41. The van der Waals surface area contributed by atoms with E-state index < -0.39 is 60.9 Å². The molecule has 150 valence electrons. The molecule has 1 aromatic heterocycles. The van der Waals surface area contributed by atoms with Crippen molar-refractivity contribution in [2.75, 3.05) is 19.6 Å². The van der Waals surface area contributed by atoms with E-state index in [2.05, 4.69) is 20.8 Å². The minimum absolute atomic E-state index is 0.392. The molecule has 3 amide bonds.